The first kappa shape index (κ1) is 18.7. The van der Waals surface area contributed by atoms with Gasteiger partial charge in [-0.3, -0.25) is 9.59 Å². The Balaban J connectivity index is 2.26. The molecule has 0 aromatic heterocycles. The van der Waals surface area contributed by atoms with Crippen LogP contribution >= 0.6 is 0 Å². The maximum atomic E-state index is 13.2. The number of nitrogens with one attached hydrogen (secondary N) is 1. The smallest absolute Gasteiger partial charge is 0.328 e. The molecule has 1 saturated carbocycles. The molecule has 1 saturated heterocycles. The average Bonchev–Trinajstić information content (AvgIpc) is 2.87. The first-order chi connectivity index (χ1) is 11.0. The summed E-state index contributed by atoms with van der Waals surface area (Å²) in [6, 6.07) is -1.21. The number of piperidine rings is 1. The third kappa shape index (κ3) is 3.03. The lowest BCUT2D eigenvalue weighted by atomic mass is 9.85. The number of ether oxygens (including phenoxy) is 1. The molecular weight excluding hydrogens is 308 g/mol. The molecule has 0 unspecified atom stereocenters. The van der Waals surface area contributed by atoms with Gasteiger partial charge in [-0.05, 0) is 16.7 Å². The molecule has 0 spiro atoms. The van der Waals surface area contributed by atoms with Crippen molar-refractivity contribution in [2.24, 2.45) is 22.7 Å². The lowest BCUT2D eigenvalue weighted by molar-refractivity contribution is -0.155. The van der Waals surface area contributed by atoms with Crippen molar-refractivity contribution in [2.45, 2.75) is 60.0 Å². The Morgan fingerprint density at radius 2 is 1.88 bits per heavy atom. The Bertz CT molecular complexity index is 550. The van der Waals surface area contributed by atoms with Gasteiger partial charge in [-0.1, -0.05) is 41.5 Å². The zero-order chi connectivity index (χ0) is 18.4. The van der Waals surface area contributed by atoms with Crippen LogP contribution in [0.15, 0.2) is 0 Å². The highest BCUT2D eigenvalue weighted by Crippen LogP contribution is 2.65. The number of methoxy groups -OCH3 is 1. The Labute approximate surface area is 144 Å². The highest BCUT2D eigenvalue weighted by atomic mass is 16.5. The summed E-state index contributed by atoms with van der Waals surface area (Å²) in [6.07, 6.45) is 0.318. The van der Waals surface area contributed by atoms with E-state index >= 15 is 0 Å². The van der Waals surface area contributed by atoms with Crippen molar-refractivity contribution in [2.75, 3.05) is 13.7 Å². The number of rotatable bonds is 4. The second kappa shape index (κ2) is 6.05. The van der Waals surface area contributed by atoms with Gasteiger partial charge in [0.2, 0.25) is 11.8 Å². The maximum absolute atomic E-state index is 13.2. The Morgan fingerprint density at radius 1 is 1.29 bits per heavy atom. The van der Waals surface area contributed by atoms with Gasteiger partial charge in [0, 0.05) is 18.9 Å². The van der Waals surface area contributed by atoms with Crippen molar-refractivity contribution in [1.29, 1.82) is 0 Å². The van der Waals surface area contributed by atoms with Gasteiger partial charge in [0.05, 0.1) is 7.11 Å². The molecule has 4 atom stereocenters. The number of carbonyl (C=O) groups excluding carboxylic acids is 3. The molecular formula is C18H30N2O4. The monoisotopic (exact) mass is 338 g/mol. The SMILES string of the molecule is CCC(=O)N[C@H](C(=O)N1C[C@H]2[C@@H]([C@H]1C(=O)OC)C2(C)C)C(C)(C)C. The van der Waals surface area contributed by atoms with E-state index in [1.807, 2.05) is 20.8 Å². The van der Waals surface area contributed by atoms with Crippen LogP contribution in [0.4, 0.5) is 0 Å². The molecule has 24 heavy (non-hydrogen) atoms. The van der Waals surface area contributed by atoms with Gasteiger partial charge in [-0.15, -0.1) is 0 Å². The number of nitrogens with zero attached hydrogens (tertiary/aromatic N) is 1. The molecule has 136 valence electrons. The summed E-state index contributed by atoms with van der Waals surface area (Å²) >= 11 is 0. The average molecular weight is 338 g/mol. The number of hydrogen-bond acceptors (Lipinski definition) is 4. The van der Waals surface area contributed by atoms with Crippen molar-refractivity contribution in [1.82, 2.24) is 10.2 Å². The van der Waals surface area contributed by atoms with E-state index in [0.29, 0.717) is 18.9 Å². The van der Waals surface area contributed by atoms with E-state index in [1.165, 1.54) is 7.11 Å². The molecule has 2 aliphatic rings. The third-order valence-corrected chi connectivity index (χ3v) is 5.67. The molecule has 1 N–H and O–H groups in total. The molecule has 0 aromatic carbocycles. The van der Waals surface area contributed by atoms with Crippen LogP contribution in [-0.4, -0.2) is 48.4 Å². The van der Waals surface area contributed by atoms with Crippen LogP contribution in [0.25, 0.3) is 0 Å². The van der Waals surface area contributed by atoms with Crippen LogP contribution in [0.3, 0.4) is 0 Å². The predicted molar refractivity (Wildman–Crippen MR) is 90.0 cm³/mol. The van der Waals surface area contributed by atoms with Crippen LogP contribution in [0, 0.1) is 22.7 Å². The summed E-state index contributed by atoms with van der Waals surface area (Å²) in [6.45, 7) is 12.3. The molecule has 2 amide bonds. The number of hydrogen-bond donors (Lipinski definition) is 1. The van der Waals surface area contributed by atoms with Gasteiger partial charge in [-0.2, -0.15) is 0 Å². The summed E-state index contributed by atoms with van der Waals surface area (Å²) < 4.78 is 4.95. The van der Waals surface area contributed by atoms with Crippen LogP contribution in [-0.2, 0) is 19.1 Å². The number of esters is 1. The fraction of sp³-hybridized carbons (Fsp3) is 0.833. The second-order valence-electron chi connectivity index (χ2n) is 8.63. The lowest BCUT2D eigenvalue weighted by Gasteiger charge is -2.37. The zero-order valence-corrected chi connectivity index (χ0v) is 15.8. The molecule has 0 bridgehead atoms. The highest BCUT2D eigenvalue weighted by Gasteiger charge is 2.70. The fourth-order valence-electron chi connectivity index (χ4n) is 3.98. The van der Waals surface area contributed by atoms with E-state index in [2.05, 4.69) is 19.2 Å². The fourth-order valence-corrected chi connectivity index (χ4v) is 3.98. The van der Waals surface area contributed by atoms with Gasteiger partial charge in [0.1, 0.15) is 12.1 Å². The van der Waals surface area contributed by atoms with E-state index in [0.717, 1.165) is 0 Å². The third-order valence-electron chi connectivity index (χ3n) is 5.67. The largest absolute Gasteiger partial charge is 0.467 e. The number of likely N-dealkylation sites (tertiary alicyclic amines) is 1. The van der Waals surface area contributed by atoms with Crippen LogP contribution in [0.2, 0.25) is 0 Å². The van der Waals surface area contributed by atoms with Crippen molar-refractivity contribution >= 4 is 17.8 Å². The minimum atomic E-state index is -0.655. The van der Waals surface area contributed by atoms with Crippen LogP contribution in [0.5, 0.6) is 0 Å². The van der Waals surface area contributed by atoms with Crippen molar-refractivity contribution < 1.29 is 19.1 Å². The standard InChI is InChI=1S/C18H30N2O4/c1-8-11(21)19-14(17(2,3)4)15(22)20-9-10-12(18(10,5)6)13(20)16(23)24-7/h10,12-14H,8-9H2,1-7H3,(H,19,21)/t10-,12-,13-,14+/m0/s1. The minimum absolute atomic E-state index is 0.0551. The second-order valence-corrected chi connectivity index (χ2v) is 8.63. The molecule has 6 nitrogen and oxygen atoms in total. The topological polar surface area (TPSA) is 75.7 Å². The number of carbonyl (C=O) groups is 3. The molecule has 0 aromatic rings. The van der Waals surface area contributed by atoms with E-state index in [9.17, 15) is 14.4 Å². The minimum Gasteiger partial charge on any atom is -0.467 e. The van der Waals surface area contributed by atoms with E-state index in [1.54, 1.807) is 11.8 Å². The molecule has 2 rings (SSSR count). The van der Waals surface area contributed by atoms with Gasteiger partial charge in [0.25, 0.3) is 0 Å². The van der Waals surface area contributed by atoms with Crippen molar-refractivity contribution in [3.8, 4) is 0 Å². The number of fused-ring (bicyclic) bond motifs is 1. The van der Waals surface area contributed by atoms with Crippen molar-refractivity contribution in [3.05, 3.63) is 0 Å². The first-order valence-corrected chi connectivity index (χ1v) is 8.64. The summed E-state index contributed by atoms with van der Waals surface area (Å²) in [5.74, 6) is -0.273. The van der Waals surface area contributed by atoms with E-state index < -0.39 is 17.5 Å². The number of amides is 2. The van der Waals surface area contributed by atoms with E-state index in [-0.39, 0.29) is 29.1 Å². The molecule has 2 fully saturated rings. The Morgan fingerprint density at radius 3 is 2.33 bits per heavy atom. The van der Waals surface area contributed by atoms with Crippen LogP contribution in [0.1, 0.15) is 48.0 Å². The van der Waals surface area contributed by atoms with Gasteiger partial charge < -0.3 is 15.0 Å². The Hall–Kier alpha value is -1.59. The van der Waals surface area contributed by atoms with Gasteiger partial charge in [0.15, 0.2) is 0 Å². The Kier molecular flexibility index (Phi) is 4.72. The summed E-state index contributed by atoms with van der Waals surface area (Å²) in [5, 5.41) is 2.83. The zero-order valence-electron chi connectivity index (χ0n) is 15.8. The normalized spacial score (nSPS) is 28.8. The summed E-state index contributed by atoms with van der Waals surface area (Å²) in [5.41, 5.74) is -0.385. The van der Waals surface area contributed by atoms with Crippen molar-refractivity contribution in [3.63, 3.8) is 0 Å². The highest BCUT2D eigenvalue weighted by molar-refractivity contribution is 5.92. The first-order valence-electron chi connectivity index (χ1n) is 8.64. The predicted octanol–water partition coefficient (Wildman–Crippen LogP) is 1.58. The van der Waals surface area contributed by atoms with E-state index in [4.69, 9.17) is 4.74 Å². The summed E-state index contributed by atoms with van der Waals surface area (Å²) in [7, 11) is 1.35. The molecule has 1 aliphatic carbocycles. The van der Waals surface area contributed by atoms with Gasteiger partial charge >= 0.3 is 5.97 Å². The summed E-state index contributed by atoms with van der Waals surface area (Å²) in [4.78, 5) is 38.9. The quantitative estimate of drug-likeness (QED) is 0.790. The maximum Gasteiger partial charge on any atom is 0.328 e. The molecule has 1 aliphatic heterocycles. The lowest BCUT2D eigenvalue weighted by Crippen LogP contribution is -2.58. The molecule has 0 radical (unpaired) electrons. The van der Waals surface area contributed by atoms with Crippen LogP contribution < -0.4 is 5.32 Å². The molecule has 1 heterocycles. The molecule has 6 heteroatoms. The van der Waals surface area contributed by atoms with Gasteiger partial charge in [-0.25, -0.2) is 4.79 Å².